The third kappa shape index (κ3) is 0.778. The van der Waals surface area contributed by atoms with Crippen LogP contribution >= 0.6 is 0 Å². The van der Waals surface area contributed by atoms with Crippen LogP contribution in [0.25, 0.3) is 0 Å². The molecule has 1 atom stereocenters. The lowest BCUT2D eigenvalue weighted by Gasteiger charge is -2.15. The first-order valence-electron chi connectivity index (χ1n) is 3.63. The summed E-state index contributed by atoms with van der Waals surface area (Å²) < 4.78 is 0. The Balaban J connectivity index is 2.13. The molecule has 0 aromatic heterocycles. The molecule has 1 spiro atoms. The predicted molar refractivity (Wildman–Crippen MR) is 37.9 cm³/mol. The van der Waals surface area contributed by atoms with Gasteiger partial charge in [-0.05, 0) is 19.4 Å². The van der Waals surface area contributed by atoms with Crippen LogP contribution < -0.4 is 5.32 Å². The van der Waals surface area contributed by atoms with Crippen LogP contribution in [0.5, 0.6) is 0 Å². The van der Waals surface area contributed by atoms with Gasteiger partial charge in [0, 0.05) is 24.7 Å². The Kier molecular flexibility index (Phi) is 1.09. The van der Waals surface area contributed by atoms with Gasteiger partial charge in [0.25, 0.3) is 0 Å². The lowest BCUT2D eigenvalue weighted by Crippen LogP contribution is -2.22. The van der Waals surface area contributed by atoms with Crippen molar-refractivity contribution < 1.29 is 0 Å². The maximum Gasteiger partial charge on any atom is 0.0394 e. The summed E-state index contributed by atoms with van der Waals surface area (Å²) in [5.41, 5.74) is 0.486. The second kappa shape index (κ2) is 1.81. The molecule has 0 amide bonds. The minimum absolute atomic E-state index is 0.486. The van der Waals surface area contributed by atoms with Crippen LogP contribution in [0.15, 0.2) is 4.99 Å². The van der Waals surface area contributed by atoms with E-state index in [2.05, 4.69) is 16.5 Å². The van der Waals surface area contributed by atoms with E-state index >= 15 is 0 Å². The van der Waals surface area contributed by atoms with E-state index in [1.54, 1.807) is 0 Å². The summed E-state index contributed by atoms with van der Waals surface area (Å²) in [4.78, 5) is 4.25. The van der Waals surface area contributed by atoms with E-state index in [1.807, 2.05) is 0 Å². The van der Waals surface area contributed by atoms with Gasteiger partial charge in [0.1, 0.15) is 0 Å². The average molecular weight is 124 g/mol. The molecule has 1 unspecified atom stereocenters. The molecule has 2 heterocycles. The minimum Gasteiger partial charge on any atom is -0.316 e. The van der Waals surface area contributed by atoms with Crippen molar-refractivity contribution in [2.45, 2.75) is 12.8 Å². The monoisotopic (exact) mass is 124 g/mol. The smallest absolute Gasteiger partial charge is 0.0394 e. The maximum absolute atomic E-state index is 4.25. The summed E-state index contributed by atoms with van der Waals surface area (Å²) in [5.74, 6) is 0. The van der Waals surface area contributed by atoms with Gasteiger partial charge < -0.3 is 5.32 Å². The quantitative estimate of drug-likeness (QED) is 0.498. The van der Waals surface area contributed by atoms with Crippen LogP contribution in [0.1, 0.15) is 12.8 Å². The molecule has 2 heteroatoms. The van der Waals surface area contributed by atoms with E-state index in [1.165, 1.54) is 19.4 Å². The van der Waals surface area contributed by atoms with Crippen LogP contribution in [-0.2, 0) is 0 Å². The number of aliphatic imine (C=N–C) groups is 1. The van der Waals surface area contributed by atoms with Crippen molar-refractivity contribution >= 4 is 6.21 Å². The Labute approximate surface area is 55.4 Å². The summed E-state index contributed by atoms with van der Waals surface area (Å²) in [6, 6.07) is 0. The first-order chi connectivity index (χ1) is 4.41. The van der Waals surface area contributed by atoms with Gasteiger partial charge in [-0.15, -0.1) is 0 Å². The molecule has 9 heavy (non-hydrogen) atoms. The van der Waals surface area contributed by atoms with Crippen molar-refractivity contribution in [3.63, 3.8) is 0 Å². The highest BCUT2D eigenvalue weighted by Crippen LogP contribution is 2.30. The Bertz CT molecular complexity index is 134. The standard InChI is InChI=1S/C7H12N2/c1-3-8-5-7(1)2-4-9-6-7/h5,9H,1-4,6H2. The molecular formula is C7H12N2. The summed E-state index contributed by atoms with van der Waals surface area (Å²) in [5, 5.41) is 3.36. The fourth-order valence-electron chi connectivity index (χ4n) is 1.70. The summed E-state index contributed by atoms with van der Waals surface area (Å²) in [7, 11) is 0. The topological polar surface area (TPSA) is 24.4 Å². The van der Waals surface area contributed by atoms with Crippen molar-refractivity contribution in [2.75, 3.05) is 19.6 Å². The van der Waals surface area contributed by atoms with Crippen LogP contribution in [0, 0.1) is 5.41 Å². The van der Waals surface area contributed by atoms with Gasteiger partial charge >= 0.3 is 0 Å². The first kappa shape index (κ1) is 5.42. The van der Waals surface area contributed by atoms with E-state index in [0.717, 1.165) is 13.1 Å². The zero-order valence-electron chi connectivity index (χ0n) is 5.56. The molecule has 0 saturated carbocycles. The zero-order valence-corrected chi connectivity index (χ0v) is 5.56. The Morgan fingerprint density at radius 3 is 3.00 bits per heavy atom. The predicted octanol–water partition coefficient (Wildman–Crippen LogP) is 0.441. The van der Waals surface area contributed by atoms with E-state index in [9.17, 15) is 0 Å². The second-order valence-corrected chi connectivity index (χ2v) is 3.07. The molecule has 1 fully saturated rings. The highest BCUT2D eigenvalue weighted by molar-refractivity contribution is 5.68. The molecule has 0 aromatic carbocycles. The molecule has 0 aliphatic carbocycles. The lowest BCUT2D eigenvalue weighted by molar-refractivity contribution is 0.472. The van der Waals surface area contributed by atoms with Crippen LogP contribution in [0.3, 0.4) is 0 Å². The molecule has 0 radical (unpaired) electrons. The van der Waals surface area contributed by atoms with E-state index < -0.39 is 0 Å². The third-order valence-electron chi connectivity index (χ3n) is 2.38. The van der Waals surface area contributed by atoms with Crippen LogP contribution in [0.4, 0.5) is 0 Å². The number of nitrogens with one attached hydrogen (secondary N) is 1. The van der Waals surface area contributed by atoms with Gasteiger partial charge in [-0.2, -0.15) is 0 Å². The minimum atomic E-state index is 0.486. The SMILES string of the molecule is C1=NCCC12CCNC2. The summed E-state index contributed by atoms with van der Waals surface area (Å²) >= 11 is 0. The Morgan fingerprint density at radius 2 is 2.44 bits per heavy atom. The van der Waals surface area contributed by atoms with Gasteiger partial charge in [-0.1, -0.05) is 0 Å². The van der Waals surface area contributed by atoms with Crippen LogP contribution in [0.2, 0.25) is 0 Å². The lowest BCUT2D eigenvalue weighted by atomic mass is 9.87. The van der Waals surface area contributed by atoms with Gasteiger partial charge in [0.2, 0.25) is 0 Å². The molecule has 2 aliphatic rings. The molecule has 1 N–H and O–H groups in total. The number of hydrogen-bond acceptors (Lipinski definition) is 2. The van der Waals surface area contributed by atoms with Crippen molar-refractivity contribution in [2.24, 2.45) is 10.4 Å². The molecule has 50 valence electrons. The average Bonchev–Trinajstić information content (AvgIpc) is 2.45. The molecular weight excluding hydrogens is 112 g/mol. The molecule has 2 nitrogen and oxygen atoms in total. The Hall–Kier alpha value is -0.370. The molecule has 2 rings (SSSR count). The fourth-order valence-corrected chi connectivity index (χ4v) is 1.70. The van der Waals surface area contributed by atoms with Gasteiger partial charge in [0.15, 0.2) is 0 Å². The van der Waals surface area contributed by atoms with Crippen LogP contribution in [-0.4, -0.2) is 25.8 Å². The molecule has 1 saturated heterocycles. The first-order valence-corrected chi connectivity index (χ1v) is 3.63. The number of hydrogen-bond donors (Lipinski definition) is 1. The van der Waals surface area contributed by atoms with Gasteiger partial charge in [-0.3, -0.25) is 4.99 Å². The van der Waals surface area contributed by atoms with E-state index in [0.29, 0.717) is 5.41 Å². The number of nitrogens with zero attached hydrogens (tertiary/aromatic N) is 1. The highest BCUT2D eigenvalue weighted by atomic mass is 14.9. The summed E-state index contributed by atoms with van der Waals surface area (Å²) in [6.07, 6.45) is 4.74. The fraction of sp³-hybridized carbons (Fsp3) is 0.857. The summed E-state index contributed by atoms with van der Waals surface area (Å²) in [6.45, 7) is 3.41. The van der Waals surface area contributed by atoms with Crippen molar-refractivity contribution in [3.8, 4) is 0 Å². The van der Waals surface area contributed by atoms with E-state index in [-0.39, 0.29) is 0 Å². The van der Waals surface area contributed by atoms with Crippen molar-refractivity contribution in [1.82, 2.24) is 5.32 Å². The van der Waals surface area contributed by atoms with Crippen molar-refractivity contribution in [3.05, 3.63) is 0 Å². The van der Waals surface area contributed by atoms with Gasteiger partial charge in [0.05, 0.1) is 0 Å². The van der Waals surface area contributed by atoms with E-state index in [4.69, 9.17) is 0 Å². The highest BCUT2D eigenvalue weighted by Gasteiger charge is 2.33. The molecule has 0 aromatic rings. The zero-order chi connectivity index (χ0) is 6.16. The maximum atomic E-state index is 4.25. The van der Waals surface area contributed by atoms with Crippen molar-refractivity contribution in [1.29, 1.82) is 0 Å². The largest absolute Gasteiger partial charge is 0.316 e. The molecule has 0 bridgehead atoms. The molecule has 2 aliphatic heterocycles. The normalized spacial score (nSPS) is 40.9. The third-order valence-corrected chi connectivity index (χ3v) is 2.38. The number of rotatable bonds is 0. The van der Waals surface area contributed by atoms with Gasteiger partial charge in [-0.25, -0.2) is 0 Å². The Morgan fingerprint density at radius 1 is 1.44 bits per heavy atom. The second-order valence-electron chi connectivity index (χ2n) is 3.07.